The first kappa shape index (κ1) is 9.38. The Morgan fingerprint density at radius 1 is 0.700 bits per heavy atom. The lowest BCUT2D eigenvalue weighted by Crippen LogP contribution is -1.50. The lowest BCUT2D eigenvalue weighted by molar-refractivity contribution is 2.42. The minimum absolute atomic E-state index is 1.45. The predicted molar refractivity (Wildman–Crippen MR) is 50.4 cm³/mol. The van der Waals surface area contributed by atoms with Crippen molar-refractivity contribution in [2.45, 2.75) is 0 Å². The maximum Gasteiger partial charge on any atom is -0.000131 e. The fourth-order valence-electron chi connectivity index (χ4n) is 0.216. The minimum Gasteiger partial charge on any atom is -0.0775 e. The van der Waals surface area contributed by atoms with E-state index in [1.807, 2.05) is 12.5 Å². The van der Waals surface area contributed by atoms with E-state index in [1.54, 1.807) is 0 Å². The Morgan fingerprint density at radius 2 is 1.10 bits per heavy atom. The highest BCUT2D eigenvalue weighted by atomic mass is 32.2. The van der Waals surface area contributed by atoms with E-state index in [0.717, 1.165) is 0 Å². The first-order valence-electron chi connectivity index (χ1n) is 2.47. The van der Waals surface area contributed by atoms with E-state index in [9.17, 15) is 0 Å². The molecule has 0 unspecified atom stereocenters. The molecule has 0 rings (SSSR count). The van der Waals surface area contributed by atoms with E-state index >= 15 is 0 Å². The highest BCUT2D eigenvalue weighted by Gasteiger charge is 1.57. The van der Waals surface area contributed by atoms with Gasteiger partial charge in [-0.15, -0.1) is 0 Å². The van der Waals surface area contributed by atoms with Crippen LogP contribution in [0.25, 0.3) is 0 Å². The number of thioether (sulfide) groups is 2. The molecular formula is C8H6S2. The number of hydrogen-bond donors (Lipinski definition) is 0. The summed E-state index contributed by atoms with van der Waals surface area (Å²) in [5.41, 5.74) is 0. The molecule has 0 bridgehead atoms. The van der Waals surface area contributed by atoms with Crippen LogP contribution in [0.5, 0.6) is 0 Å². The summed E-state index contributed by atoms with van der Waals surface area (Å²) in [7, 11) is 0. The molecule has 0 radical (unpaired) electrons. The molecule has 0 aliphatic heterocycles. The second-order valence-electron chi connectivity index (χ2n) is 1.11. The molecular weight excluding hydrogens is 160 g/mol. The van der Waals surface area contributed by atoms with Crippen molar-refractivity contribution >= 4 is 23.5 Å². The Morgan fingerprint density at radius 3 is 1.40 bits per heavy atom. The Balaban J connectivity index is 3.70. The van der Waals surface area contributed by atoms with Crippen molar-refractivity contribution < 1.29 is 0 Å². The topological polar surface area (TPSA) is 0 Å². The quantitative estimate of drug-likeness (QED) is 0.502. The van der Waals surface area contributed by atoms with Gasteiger partial charge < -0.3 is 0 Å². The van der Waals surface area contributed by atoms with Crippen LogP contribution in [0.3, 0.4) is 0 Å². The summed E-state index contributed by atoms with van der Waals surface area (Å²) in [4.78, 5) is 0. The van der Waals surface area contributed by atoms with Gasteiger partial charge in [-0.05, 0) is 46.7 Å². The van der Waals surface area contributed by atoms with Crippen LogP contribution in [0.4, 0.5) is 0 Å². The summed E-state index contributed by atoms with van der Waals surface area (Å²) in [6, 6.07) is 0. The minimum atomic E-state index is 1.45. The van der Waals surface area contributed by atoms with Crippen molar-refractivity contribution in [1.29, 1.82) is 0 Å². The molecule has 2 heteroatoms. The van der Waals surface area contributed by atoms with E-state index in [0.29, 0.717) is 0 Å². The summed E-state index contributed by atoms with van der Waals surface area (Å²) >= 11 is 2.90. The number of hydrogen-bond acceptors (Lipinski definition) is 2. The molecule has 0 aromatic rings. The van der Waals surface area contributed by atoms with E-state index in [2.05, 4.69) is 34.2 Å². The molecule has 0 heterocycles. The second kappa shape index (κ2) is 8.38. The zero-order valence-corrected chi connectivity index (χ0v) is 7.45. The van der Waals surface area contributed by atoms with Crippen molar-refractivity contribution in [3.63, 3.8) is 0 Å². The smallest absolute Gasteiger partial charge is 0.000131 e. The standard InChI is InChI=1S/C8H6S2/c1-9-7-5-3-4-6-8-10-2/h1-2H3. The van der Waals surface area contributed by atoms with Gasteiger partial charge in [-0.2, -0.15) is 0 Å². The second-order valence-corrected chi connectivity index (χ2v) is 2.34. The molecule has 0 atom stereocenters. The van der Waals surface area contributed by atoms with E-state index in [1.165, 1.54) is 23.5 Å². The molecule has 0 aromatic heterocycles. The van der Waals surface area contributed by atoms with Crippen molar-refractivity contribution in [1.82, 2.24) is 0 Å². The zero-order valence-electron chi connectivity index (χ0n) is 5.82. The average molecular weight is 166 g/mol. The molecule has 10 heavy (non-hydrogen) atoms. The van der Waals surface area contributed by atoms with Crippen molar-refractivity contribution in [2.75, 3.05) is 12.5 Å². The summed E-state index contributed by atoms with van der Waals surface area (Å²) in [6.07, 6.45) is 3.81. The van der Waals surface area contributed by atoms with Gasteiger partial charge in [0.05, 0.1) is 0 Å². The fraction of sp³-hybridized carbons (Fsp3) is 0.250. The molecule has 0 nitrogen and oxygen atoms in total. The molecule has 0 saturated heterocycles. The van der Waals surface area contributed by atoms with Gasteiger partial charge in [0.2, 0.25) is 0 Å². The Bertz CT molecular complexity index is 220. The Hall–Kier alpha value is -0.620. The third-order valence-corrected chi connectivity index (χ3v) is 1.11. The van der Waals surface area contributed by atoms with Crippen molar-refractivity contribution in [3.8, 4) is 34.2 Å². The van der Waals surface area contributed by atoms with Crippen LogP contribution in [0.15, 0.2) is 0 Å². The summed E-state index contributed by atoms with van der Waals surface area (Å²) in [5, 5.41) is 5.49. The molecule has 0 amide bonds. The third kappa shape index (κ3) is 7.38. The third-order valence-electron chi connectivity index (χ3n) is 0.494. The summed E-state index contributed by atoms with van der Waals surface area (Å²) in [5.74, 6) is 10.5. The molecule has 50 valence electrons. The first-order valence-corrected chi connectivity index (χ1v) is 4.92. The highest BCUT2D eigenvalue weighted by molar-refractivity contribution is 8.03. The fourth-order valence-corrected chi connectivity index (χ4v) is 0.522. The van der Waals surface area contributed by atoms with Gasteiger partial charge in [-0.25, -0.2) is 0 Å². The molecule has 0 aromatic carbocycles. The average Bonchev–Trinajstić information content (AvgIpc) is 1.97. The summed E-state index contributed by atoms with van der Waals surface area (Å²) in [6.45, 7) is 0. The van der Waals surface area contributed by atoms with E-state index in [-0.39, 0.29) is 0 Å². The van der Waals surface area contributed by atoms with Crippen LogP contribution < -0.4 is 0 Å². The van der Waals surface area contributed by atoms with Gasteiger partial charge in [-0.3, -0.25) is 0 Å². The van der Waals surface area contributed by atoms with Gasteiger partial charge >= 0.3 is 0 Å². The van der Waals surface area contributed by atoms with Gasteiger partial charge in [0.1, 0.15) is 0 Å². The largest absolute Gasteiger partial charge is 0.0775 e. The van der Waals surface area contributed by atoms with E-state index < -0.39 is 0 Å². The number of rotatable bonds is 0. The normalized spacial score (nSPS) is 5.40. The Kier molecular flexibility index (Phi) is 7.86. The SMILES string of the molecule is CSC#CC#CC#CSC. The molecule has 0 fully saturated rings. The maximum atomic E-state index is 2.74. The lowest BCUT2D eigenvalue weighted by Gasteiger charge is -1.62. The van der Waals surface area contributed by atoms with Gasteiger partial charge in [0.25, 0.3) is 0 Å². The van der Waals surface area contributed by atoms with Gasteiger partial charge in [0, 0.05) is 0 Å². The van der Waals surface area contributed by atoms with Crippen LogP contribution in [-0.4, -0.2) is 12.5 Å². The van der Waals surface area contributed by atoms with Crippen molar-refractivity contribution in [3.05, 3.63) is 0 Å². The molecule has 0 N–H and O–H groups in total. The molecule has 0 spiro atoms. The van der Waals surface area contributed by atoms with Crippen molar-refractivity contribution in [2.24, 2.45) is 0 Å². The van der Waals surface area contributed by atoms with Gasteiger partial charge in [-0.1, -0.05) is 23.5 Å². The molecule has 0 saturated carbocycles. The van der Waals surface area contributed by atoms with Crippen LogP contribution in [0.2, 0.25) is 0 Å². The highest BCUT2D eigenvalue weighted by Crippen LogP contribution is 1.82. The van der Waals surface area contributed by atoms with Crippen LogP contribution in [0, 0.1) is 34.2 Å². The predicted octanol–water partition coefficient (Wildman–Crippen LogP) is 1.64. The monoisotopic (exact) mass is 166 g/mol. The lowest BCUT2D eigenvalue weighted by atomic mass is 10.6. The maximum absolute atomic E-state index is 2.74. The zero-order chi connectivity index (χ0) is 7.66. The molecule has 0 aliphatic carbocycles. The Labute approximate surface area is 70.5 Å². The van der Waals surface area contributed by atoms with Crippen LogP contribution in [0.1, 0.15) is 0 Å². The molecule has 0 aliphatic rings. The first-order chi connectivity index (χ1) is 4.91. The van der Waals surface area contributed by atoms with E-state index in [4.69, 9.17) is 0 Å². The van der Waals surface area contributed by atoms with Crippen LogP contribution in [-0.2, 0) is 0 Å². The van der Waals surface area contributed by atoms with Crippen LogP contribution >= 0.6 is 23.5 Å². The van der Waals surface area contributed by atoms with Gasteiger partial charge in [0.15, 0.2) is 0 Å². The summed E-state index contributed by atoms with van der Waals surface area (Å²) < 4.78 is 0.